The molecule has 1 aliphatic heterocycles. The Bertz CT molecular complexity index is 704. The van der Waals surface area contributed by atoms with Crippen LogP contribution in [0, 0.1) is 0 Å². The fourth-order valence-electron chi connectivity index (χ4n) is 3.00. The molecule has 0 N–H and O–H groups in total. The molecule has 0 spiro atoms. The van der Waals surface area contributed by atoms with E-state index in [0.717, 1.165) is 38.5 Å². The highest BCUT2D eigenvalue weighted by Gasteiger charge is 2.24. The van der Waals surface area contributed by atoms with Gasteiger partial charge in [-0.3, -0.25) is 9.69 Å². The van der Waals surface area contributed by atoms with Crippen LogP contribution < -0.4 is 4.74 Å². The maximum Gasteiger partial charge on any atom is 0.270 e. The van der Waals surface area contributed by atoms with Crippen LogP contribution in [-0.4, -0.2) is 53.6 Å². The Morgan fingerprint density at radius 2 is 1.83 bits per heavy atom. The van der Waals surface area contributed by atoms with E-state index in [9.17, 15) is 4.79 Å². The van der Waals surface area contributed by atoms with Gasteiger partial charge in [0.1, 0.15) is 11.4 Å². The Kier molecular flexibility index (Phi) is 5.11. The number of amides is 1. The molecule has 0 atom stereocenters. The molecule has 1 aromatic heterocycles. The largest absolute Gasteiger partial charge is 0.497 e. The van der Waals surface area contributed by atoms with Crippen molar-refractivity contribution in [3.8, 4) is 5.75 Å². The van der Waals surface area contributed by atoms with Crippen molar-refractivity contribution >= 4 is 17.5 Å². The number of methoxy groups -OCH3 is 1. The van der Waals surface area contributed by atoms with Gasteiger partial charge < -0.3 is 14.2 Å². The first-order chi connectivity index (χ1) is 11.6. The normalized spacial score (nSPS) is 15.5. The Balaban J connectivity index is 1.55. The van der Waals surface area contributed by atoms with Gasteiger partial charge in [0.15, 0.2) is 0 Å². The van der Waals surface area contributed by atoms with Crippen molar-refractivity contribution in [2.75, 3.05) is 33.3 Å². The zero-order valence-corrected chi connectivity index (χ0v) is 14.8. The fourth-order valence-corrected chi connectivity index (χ4v) is 3.25. The number of rotatable bonds is 4. The van der Waals surface area contributed by atoms with E-state index in [1.165, 1.54) is 5.56 Å². The van der Waals surface area contributed by atoms with Crippen molar-refractivity contribution in [2.24, 2.45) is 7.05 Å². The lowest BCUT2D eigenvalue weighted by molar-refractivity contribution is 0.0619. The van der Waals surface area contributed by atoms with E-state index in [0.29, 0.717) is 10.7 Å². The molecule has 0 bridgehead atoms. The molecule has 0 aliphatic carbocycles. The molecule has 3 rings (SSSR count). The molecule has 2 aromatic rings. The van der Waals surface area contributed by atoms with Crippen LogP contribution in [0.4, 0.5) is 0 Å². The van der Waals surface area contributed by atoms with Gasteiger partial charge in [0.05, 0.1) is 12.1 Å². The Morgan fingerprint density at radius 1 is 1.17 bits per heavy atom. The molecule has 1 aromatic carbocycles. The summed E-state index contributed by atoms with van der Waals surface area (Å²) in [5.74, 6) is 0.920. The minimum Gasteiger partial charge on any atom is -0.497 e. The summed E-state index contributed by atoms with van der Waals surface area (Å²) in [4.78, 5) is 16.8. The molecule has 6 heteroatoms. The van der Waals surface area contributed by atoms with Crippen LogP contribution in [0.2, 0.25) is 5.02 Å². The number of benzene rings is 1. The zero-order valence-electron chi connectivity index (χ0n) is 14.0. The van der Waals surface area contributed by atoms with Crippen LogP contribution in [0.1, 0.15) is 16.1 Å². The van der Waals surface area contributed by atoms with Gasteiger partial charge in [0, 0.05) is 46.0 Å². The number of carbonyl (C=O) groups excluding carboxylic acids is 1. The Hall–Kier alpha value is -1.98. The van der Waals surface area contributed by atoms with Crippen molar-refractivity contribution in [1.29, 1.82) is 0 Å². The first kappa shape index (κ1) is 16.9. The van der Waals surface area contributed by atoms with Gasteiger partial charge in [0.2, 0.25) is 0 Å². The van der Waals surface area contributed by atoms with Crippen LogP contribution in [0.3, 0.4) is 0 Å². The summed E-state index contributed by atoms with van der Waals surface area (Å²) < 4.78 is 6.97. The number of hydrogen-bond acceptors (Lipinski definition) is 3. The van der Waals surface area contributed by atoms with Crippen molar-refractivity contribution in [1.82, 2.24) is 14.4 Å². The summed E-state index contributed by atoms with van der Waals surface area (Å²) in [6.07, 6.45) is 1.76. The second-order valence-corrected chi connectivity index (χ2v) is 6.51. The van der Waals surface area contributed by atoms with E-state index in [4.69, 9.17) is 16.3 Å². The number of ether oxygens (including phenoxy) is 1. The van der Waals surface area contributed by atoms with Gasteiger partial charge in [0.25, 0.3) is 5.91 Å². The minimum atomic E-state index is 0.0495. The second-order valence-electron chi connectivity index (χ2n) is 6.07. The molecule has 128 valence electrons. The topological polar surface area (TPSA) is 37.7 Å². The second kappa shape index (κ2) is 7.28. The third-order valence-corrected chi connectivity index (χ3v) is 4.62. The van der Waals surface area contributed by atoms with Gasteiger partial charge >= 0.3 is 0 Å². The lowest BCUT2D eigenvalue weighted by Gasteiger charge is -2.34. The lowest BCUT2D eigenvalue weighted by Crippen LogP contribution is -2.48. The predicted octanol–water partition coefficient (Wildman–Crippen LogP) is 2.65. The molecule has 24 heavy (non-hydrogen) atoms. The van der Waals surface area contributed by atoms with Crippen molar-refractivity contribution in [3.05, 3.63) is 52.8 Å². The molecule has 2 heterocycles. The van der Waals surface area contributed by atoms with Crippen LogP contribution in [0.25, 0.3) is 0 Å². The van der Waals surface area contributed by atoms with E-state index in [2.05, 4.69) is 17.0 Å². The SMILES string of the molecule is COc1ccc(CN2CCN(C(=O)c3cc(Cl)cn3C)CC2)cc1. The summed E-state index contributed by atoms with van der Waals surface area (Å²) in [7, 11) is 3.52. The quantitative estimate of drug-likeness (QED) is 0.853. The maximum absolute atomic E-state index is 12.6. The third kappa shape index (κ3) is 3.74. The van der Waals surface area contributed by atoms with Crippen LogP contribution in [0.5, 0.6) is 5.75 Å². The zero-order chi connectivity index (χ0) is 17.1. The van der Waals surface area contributed by atoms with E-state index >= 15 is 0 Å². The molecule has 1 amide bonds. The molecule has 1 saturated heterocycles. The molecule has 1 fully saturated rings. The summed E-state index contributed by atoms with van der Waals surface area (Å²) in [6.45, 7) is 4.10. The molecule has 0 radical (unpaired) electrons. The minimum absolute atomic E-state index is 0.0495. The van der Waals surface area contributed by atoms with Crippen LogP contribution in [0.15, 0.2) is 36.5 Å². The van der Waals surface area contributed by atoms with Crippen molar-refractivity contribution in [2.45, 2.75) is 6.54 Å². The highest BCUT2D eigenvalue weighted by atomic mass is 35.5. The molecular weight excluding hydrogens is 326 g/mol. The molecule has 5 nitrogen and oxygen atoms in total. The number of aryl methyl sites for hydroxylation is 1. The maximum atomic E-state index is 12.6. The summed E-state index contributed by atoms with van der Waals surface area (Å²) in [5.41, 5.74) is 1.90. The highest BCUT2D eigenvalue weighted by molar-refractivity contribution is 6.31. The fraction of sp³-hybridized carbons (Fsp3) is 0.389. The van der Waals surface area contributed by atoms with Crippen molar-refractivity contribution in [3.63, 3.8) is 0 Å². The average Bonchev–Trinajstić information content (AvgIpc) is 2.94. The number of hydrogen-bond donors (Lipinski definition) is 0. The van der Waals surface area contributed by atoms with Gasteiger partial charge in [-0.2, -0.15) is 0 Å². The van der Waals surface area contributed by atoms with E-state index in [1.54, 1.807) is 23.9 Å². The Morgan fingerprint density at radius 3 is 2.38 bits per heavy atom. The Labute approximate surface area is 147 Å². The predicted molar refractivity (Wildman–Crippen MR) is 94.6 cm³/mol. The van der Waals surface area contributed by atoms with Gasteiger partial charge in [-0.25, -0.2) is 0 Å². The van der Waals surface area contributed by atoms with Gasteiger partial charge in [-0.15, -0.1) is 0 Å². The third-order valence-electron chi connectivity index (χ3n) is 4.42. The van der Waals surface area contributed by atoms with E-state index in [-0.39, 0.29) is 5.91 Å². The first-order valence-electron chi connectivity index (χ1n) is 8.03. The van der Waals surface area contributed by atoms with Crippen molar-refractivity contribution < 1.29 is 9.53 Å². The molecule has 1 aliphatic rings. The molecule has 0 saturated carbocycles. The summed E-state index contributed by atoms with van der Waals surface area (Å²) in [6, 6.07) is 9.86. The summed E-state index contributed by atoms with van der Waals surface area (Å²) >= 11 is 5.97. The molecule has 0 unspecified atom stereocenters. The number of nitrogens with zero attached hydrogens (tertiary/aromatic N) is 3. The smallest absolute Gasteiger partial charge is 0.270 e. The highest BCUT2D eigenvalue weighted by Crippen LogP contribution is 2.17. The monoisotopic (exact) mass is 347 g/mol. The average molecular weight is 348 g/mol. The van der Waals surface area contributed by atoms with Crippen LogP contribution in [-0.2, 0) is 13.6 Å². The molecular formula is C18H22ClN3O2. The summed E-state index contributed by atoms with van der Waals surface area (Å²) in [5, 5.41) is 0.596. The van der Waals surface area contributed by atoms with Gasteiger partial charge in [-0.05, 0) is 23.8 Å². The van der Waals surface area contributed by atoms with Gasteiger partial charge in [-0.1, -0.05) is 23.7 Å². The van der Waals surface area contributed by atoms with E-state index < -0.39 is 0 Å². The standard InChI is InChI=1S/C18H22ClN3O2/c1-20-13-15(19)11-17(20)18(23)22-9-7-21(8-10-22)12-14-3-5-16(24-2)6-4-14/h3-6,11,13H,7-10,12H2,1-2H3. The number of halogens is 1. The number of piperazine rings is 1. The number of carbonyl (C=O) groups is 1. The lowest BCUT2D eigenvalue weighted by atomic mass is 10.2. The number of aromatic nitrogens is 1. The first-order valence-corrected chi connectivity index (χ1v) is 8.41. The van der Waals surface area contributed by atoms with E-state index in [1.807, 2.05) is 24.1 Å². The van der Waals surface area contributed by atoms with Crippen LogP contribution >= 0.6 is 11.6 Å².